The third-order valence-electron chi connectivity index (χ3n) is 1.22. The summed E-state index contributed by atoms with van der Waals surface area (Å²) < 4.78 is 4.79. The Hall–Kier alpha value is -0.530. The van der Waals surface area contributed by atoms with Crippen LogP contribution in [0.3, 0.4) is 0 Å². The molecule has 0 aliphatic heterocycles. The quantitative estimate of drug-likeness (QED) is 0.542. The fraction of sp³-hybridized carbons (Fsp3) is 0.857. The molecule has 0 aromatic heterocycles. The molecule has 0 fully saturated rings. The Labute approximate surface area is 56.2 Å². The molecule has 0 saturated heterocycles. The summed E-state index contributed by atoms with van der Waals surface area (Å²) in [5.41, 5.74) is -0.267. The van der Waals surface area contributed by atoms with Gasteiger partial charge in [-0.3, -0.25) is 4.79 Å². The number of hydrogen-bond acceptors (Lipinski definition) is 2. The van der Waals surface area contributed by atoms with Crippen molar-refractivity contribution in [2.45, 2.75) is 39.2 Å². The zero-order chi connectivity index (χ0) is 7.33. The van der Waals surface area contributed by atoms with Crippen LogP contribution in [0.1, 0.15) is 33.6 Å². The maximum Gasteiger partial charge on any atom is 0.293 e. The average Bonchev–Trinajstić information content (AvgIpc) is 1.64. The Morgan fingerprint density at radius 3 is 2.44 bits per heavy atom. The van der Waals surface area contributed by atoms with Crippen LogP contribution in [-0.2, 0) is 9.53 Å². The van der Waals surface area contributed by atoms with Crippen LogP contribution in [0.4, 0.5) is 0 Å². The van der Waals surface area contributed by atoms with E-state index in [9.17, 15) is 4.79 Å². The lowest BCUT2D eigenvalue weighted by Crippen LogP contribution is -2.22. The Morgan fingerprint density at radius 1 is 1.56 bits per heavy atom. The molecular weight excluding hydrogens is 116 g/mol. The van der Waals surface area contributed by atoms with Crippen molar-refractivity contribution in [3.63, 3.8) is 0 Å². The van der Waals surface area contributed by atoms with Gasteiger partial charge < -0.3 is 4.74 Å². The first-order valence-corrected chi connectivity index (χ1v) is 3.24. The van der Waals surface area contributed by atoms with Crippen LogP contribution >= 0.6 is 0 Å². The first kappa shape index (κ1) is 8.47. The maximum atomic E-state index is 9.87. The molecular formula is C7H14O2. The second-order valence-corrected chi connectivity index (χ2v) is 2.72. The normalized spacial score (nSPS) is 11.0. The molecule has 54 valence electrons. The van der Waals surface area contributed by atoms with Gasteiger partial charge >= 0.3 is 0 Å². The zero-order valence-electron chi connectivity index (χ0n) is 6.31. The Morgan fingerprint density at radius 2 is 2.11 bits per heavy atom. The van der Waals surface area contributed by atoms with Crippen molar-refractivity contribution in [2.75, 3.05) is 0 Å². The molecule has 2 nitrogen and oxygen atoms in total. The van der Waals surface area contributed by atoms with Crippen molar-refractivity contribution in [2.24, 2.45) is 0 Å². The lowest BCUT2D eigenvalue weighted by molar-refractivity contribution is -0.140. The Kier molecular flexibility index (Phi) is 3.28. The third-order valence-corrected chi connectivity index (χ3v) is 1.22. The number of hydrogen-bond donors (Lipinski definition) is 0. The molecule has 0 rings (SSSR count). The van der Waals surface area contributed by atoms with E-state index in [1.165, 1.54) is 0 Å². The molecule has 0 atom stereocenters. The van der Waals surface area contributed by atoms with Gasteiger partial charge in [-0.05, 0) is 20.3 Å². The molecule has 0 bridgehead atoms. The minimum atomic E-state index is -0.267. The molecule has 2 heteroatoms. The summed E-state index contributed by atoms with van der Waals surface area (Å²) in [6.07, 6.45) is 1.96. The van der Waals surface area contributed by atoms with Crippen LogP contribution in [0.2, 0.25) is 0 Å². The molecule has 0 aromatic rings. The lowest BCUT2D eigenvalue weighted by atomic mass is 10.0. The molecule has 0 aromatic carbocycles. The van der Waals surface area contributed by atoms with Gasteiger partial charge in [0.25, 0.3) is 6.47 Å². The van der Waals surface area contributed by atoms with Crippen LogP contribution in [0.25, 0.3) is 0 Å². The van der Waals surface area contributed by atoms with Crippen molar-refractivity contribution in [1.82, 2.24) is 0 Å². The fourth-order valence-corrected chi connectivity index (χ4v) is 0.791. The summed E-state index contributed by atoms with van der Waals surface area (Å²) in [7, 11) is 0. The highest BCUT2D eigenvalue weighted by Crippen LogP contribution is 2.14. The SMILES string of the molecule is CCCC(C)(C)OC=O. The van der Waals surface area contributed by atoms with Gasteiger partial charge in [0, 0.05) is 0 Å². The van der Waals surface area contributed by atoms with Gasteiger partial charge in [0.15, 0.2) is 0 Å². The molecule has 0 N–H and O–H groups in total. The van der Waals surface area contributed by atoms with E-state index < -0.39 is 0 Å². The molecule has 0 aliphatic rings. The number of carbonyl (C=O) groups is 1. The number of rotatable bonds is 4. The van der Waals surface area contributed by atoms with Gasteiger partial charge in [0.05, 0.1) is 0 Å². The summed E-state index contributed by atoms with van der Waals surface area (Å²) in [5, 5.41) is 0. The largest absolute Gasteiger partial charge is 0.462 e. The Bertz CT molecular complexity index is 86.9. The third kappa shape index (κ3) is 4.01. The Balaban J connectivity index is 3.55. The van der Waals surface area contributed by atoms with E-state index in [0.29, 0.717) is 6.47 Å². The maximum absolute atomic E-state index is 9.87. The van der Waals surface area contributed by atoms with Crippen molar-refractivity contribution >= 4 is 6.47 Å². The van der Waals surface area contributed by atoms with Crippen molar-refractivity contribution in [3.05, 3.63) is 0 Å². The van der Waals surface area contributed by atoms with Crippen LogP contribution < -0.4 is 0 Å². The molecule has 0 unspecified atom stereocenters. The van der Waals surface area contributed by atoms with E-state index in [1.54, 1.807) is 0 Å². The standard InChI is InChI=1S/C7H14O2/c1-4-5-7(2,3)9-6-8/h6H,4-5H2,1-3H3. The van der Waals surface area contributed by atoms with Crippen molar-refractivity contribution < 1.29 is 9.53 Å². The molecule has 0 aliphatic carbocycles. The van der Waals surface area contributed by atoms with Gasteiger partial charge in [-0.15, -0.1) is 0 Å². The van der Waals surface area contributed by atoms with Crippen molar-refractivity contribution in [3.8, 4) is 0 Å². The highest BCUT2D eigenvalue weighted by molar-refractivity contribution is 5.38. The topological polar surface area (TPSA) is 26.3 Å². The first-order chi connectivity index (χ1) is 4.12. The van der Waals surface area contributed by atoms with Crippen LogP contribution in [0.5, 0.6) is 0 Å². The van der Waals surface area contributed by atoms with Gasteiger partial charge in [0.1, 0.15) is 5.60 Å². The summed E-state index contributed by atoms with van der Waals surface area (Å²) >= 11 is 0. The first-order valence-electron chi connectivity index (χ1n) is 3.24. The highest BCUT2D eigenvalue weighted by atomic mass is 16.5. The number of carbonyl (C=O) groups excluding carboxylic acids is 1. The van der Waals surface area contributed by atoms with Crippen molar-refractivity contribution in [1.29, 1.82) is 0 Å². The predicted octanol–water partition coefficient (Wildman–Crippen LogP) is 1.74. The van der Waals surface area contributed by atoms with E-state index in [4.69, 9.17) is 4.74 Å². The van der Waals surface area contributed by atoms with Crippen LogP contribution in [0.15, 0.2) is 0 Å². The minimum absolute atomic E-state index is 0.267. The number of ether oxygens (including phenoxy) is 1. The minimum Gasteiger partial charge on any atom is -0.462 e. The fourth-order valence-electron chi connectivity index (χ4n) is 0.791. The van der Waals surface area contributed by atoms with E-state index in [2.05, 4.69) is 6.92 Å². The summed E-state index contributed by atoms with van der Waals surface area (Å²) in [6, 6.07) is 0. The summed E-state index contributed by atoms with van der Waals surface area (Å²) in [4.78, 5) is 9.87. The van der Waals surface area contributed by atoms with E-state index >= 15 is 0 Å². The summed E-state index contributed by atoms with van der Waals surface area (Å²) in [5.74, 6) is 0. The lowest BCUT2D eigenvalue weighted by Gasteiger charge is -2.20. The molecule has 9 heavy (non-hydrogen) atoms. The van der Waals surface area contributed by atoms with Gasteiger partial charge in [-0.1, -0.05) is 13.3 Å². The van der Waals surface area contributed by atoms with Gasteiger partial charge in [0.2, 0.25) is 0 Å². The summed E-state index contributed by atoms with van der Waals surface area (Å²) in [6.45, 7) is 6.39. The van der Waals surface area contributed by atoms with E-state index in [-0.39, 0.29) is 5.60 Å². The monoisotopic (exact) mass is 130 g/mol. The highest BCUT2D eigenvalue weighted by Gasteiger charge is 2.15. The van der Waals surface area contributed by atoms with Gasteiger partial charge in [-0.25, -0.2) is 0 Å². The second kappa shape index (κ2) is 3.49. The van der Waals surface area contributed by atoms with E-state index in [0.717, 1.165) is 12.8 Å². The molecule has 0 radical (unpaired) electrons. The zero-order valence-corrected chi connectivity index (χ0v) is 6.31. The molecule has 0 spiro atoms. The van der Waals surface area contributed by atoms with Crippen LogP contribution in [-0.4, -0.2) is 12.1 Å². The van der Waals surface area contributed by atoms with Crippen LogP contribution in [0, 0.1) is 0 Å². The predicted molar refractivity (Wildman–Crippen MR) is 36.1 cm³/mol. The molecule has 0 heterocycles. The van der Waals surface area contributed by atoms with Gasteiger partial charge in [-0.2, -0.15) is 0 Å². The van der Waals surface area contributed by atoms with E-state index in [1.807, 2.05) is 13.8 Å². The smallest absolute Gasteiger partial charge is 0.293 e. The molecule has 0 amide bonds. The second-order valence-electron chi connectivity index (χ2n) is 2.72. The average molecular weight is 130 g/mol. The molecule has 0 saturated carbocycles.